The summed E-state index contributed by atoms with van der Waals surface area (Å²) in [5, 5.41) is 31.0. The summed E-state index contributed by atoms with van der Waals surface area (Å²) >= 11 is 3.62. The van der Waals surface area contributed by atoms with Crippen molar-refractivity contribution >= 4 is 167 Å². The van der Waals surface area contributed by atoms with Gasteiger partial charge in [0.25, 0.3) is 0 Å². The number of rotatable bonds is 3. The van der Waals surface area contributed by atoms with E-state index in [9.17, 15) is 0 Å². The summed E-state index contributed by atoms with van der Waals surface area (Å²) in [6.07, 6.45) is 4.08. The molecule has 0 radical (unpaired) electrons. The van der Waals surface area contributed by atoms with Crippen LogP contribution in [0.3, 0.4) is 0 Å². The predicted octanol–water partition coefficient (Wildman–Crippen LogP) is 24.3. The Bertz CT molecular complexity index is 5590. The van der Waals surface area contributed by atoms with Gasteiger partial charge in [-0.3, -0.25) is 0 Å². The quantitative estimate of drug-likeness (QED) is 0.170. The minimum atomic E-state index is 1.16. The normalized spacial score (nSPS) is 11.7. The van der Waals surface area contributed by atoms with Crippen LogP contribution >= 0.6 is 15.9 Å². The van der Waals surface area contributed by atoms with E-state index in [2.05, 4.69) is 318 Å². The standard InChI is InChI=1S/C38H23N.C24H15N.C14H9Br.C5H12/c1-4-14-27-24(11-1)21-22-34-36-32-19-9-6-16-29(32)30-17-7-10-20-33(30)38(36)39(37(27)34)35-23-25-12-2-3-13-26(25)28-15-5-8-18-31(28)35;1-2-8-16-15(7-1)13-14-21-22-19-11-5-3-9-17(19)18-10-4-6-12-20(18)24(22)25-23(16)21;15-14-9-10-5-1-2-6-11(10)12-7-3-4-8-13(12)14;1-3-5-4-2/h1-23H;1-14,25H;1-9H;3-5H2,1-2H3. The Morgan fingerprint density at radius 2 is 0.655 bits per heavy atom. The summed E-state index contributed by atoms with van der Waals surface area (Å²) in [6.45, 7) is 4.42. The third-order valence-corrected chi connectivity index (χ3v) is 18.0. The van der Waals surface area contributed by atoms with E-state index in [1.54, 1.807) is 0 Å². The summed E-state index contributed by atoms with van der Waals surface area (Å²) in [5.74, 6) is 0. The molecule has 2 nitrogen and oxygen atoms in total. The highest BCUT2D eigenvalue weighted by atomic mass is 79.9. The monoisotopic (exact) mass is 1140 g/mol. The first-order valence-corrected chi connectivity index (χ1v) is 30.3. The van der Waals surface area contributed by atoms with E-state index in [1.165, 1.54) is 176 Å². The van der Waals surface area contributed by atoms with E-state index < -0.39 is 0 Å². The summed E-state index contributed by atoms with van der Waals surface area (Å²) in [6, 6.07) is 101. The van der Waals surface area contributed by atoms with Crippen molar-refractivity contribution in [3.05, 3.63) is 284 Å². The molecule has 0 atom stereocenters. The van der Waals surface area contributed by atoms with Crippen molar-refractivity contribution in [2.45, 2.75) is 33.1 Å². The molecule has 0 unspecified atom stereocenters. The molecule has 0 aliphatic carbocycles. The third-order valence-electron chi connectivity index (χ3n) is 17.3. The van der Waals surface area contributed by atoms with Crippen LogP contribution in [-0.2, 0) is 0 Å². The number of hydrogen-bond acceptors (Lipinski definition) is 0. The van der Waals surface area contributed by atoms with Gasteiger partial charge in [-0.25, -0.2) is 0 Å². The predicted molar refractivity (Wildman–Crippen MR) is 371 cm³/mol. The summed E-state index contributed by atoms with van der Waals surface area (Å²) < 4.78 is 3.73. The Morgan fingerprint density at radius 1 is 0.274 bits per heavy atom. The Balaban J connectivity index is 0.000000113. The molecule has 18 rings (SSSR count). The van der Waals surface area contributed by atoms with Crippen LogP contribution < -0.4 is 0 Å². The number of hydrogen-bond donors (Lipinski definition) is 1. The first-order chi connectivity index (χ1) is 41.6. The molecule has 0 bridgehead atoms. The molecular formula is C81H59BrN2. The van der Waals surface area contributed by atoms with Gasteiger partial charge in [-0.2, -0.15) is 0 Å². The lowest BCUT2D eigenvalue weighted by atomic mass is 9.96. The Labute approximate surface area is 495 Å². The summed E-state index contributed by atoms with van der Waals surface area (Å²) in [4.78, 5) is 3.76. The average molecular weight is 1140 g/mol. The van der Waals surface area contributed by atoms with Gasteiger partial charge in [0.2, 0.25) is 0 Å². The molecule has 0 saturated heterocycles. The van der Waals surface area contributed by atoms with E-state index in [4.69, 9.17) is 0 Å². The minimum absolute atomic E-state index is 1.16. The number of aromatic nitrogens is 2. The van der Waals surface area contributed by atoms with Crippen LogP contribution in [0.15, 0.2) is 284 Å². The van der Waals surface area contributed by atoms with Gasteiger partial charge in [0.1, 0.15) is 0 Å². The van der Waals surface area contributed by atoms with Gasteiger partial charge in [-0.05, 0) is 92.9 Å². The topological polar surface area (TPSA) is 20.7 Å². The van der Waals surface area contributed by atoms with E-state index in [0.29, 0.717) is 0 Å². The van der Waals surface area contributed by atoms with Crippen molar-refractivity contribution < 1.29 is 0 Å². The SMILES string of the molecule is Brc1cc2ccccc2c2ccccc12.CCCCC.c1ccc2c(c1)cc(-n1c3c4ccccc4ccc3c3c4ccccc4c4ccccc4c31)c1ccccc12.c1ccc2c(c1)ccc1c2[nH]c2c3ccccc3c3ccccc3c12. The average Bonchev–Trinajstić information content (AvgIpc) is 1.64. The zero-order chi connectivity index (χ0) is 56.3. The molecule has 3 heteroatoms. The highest BCUT2D eigenvalue weighted by molar-refractivity contribution is 9.10. The van der Waals surface area contributed by atoms with E-state index in [1.807, 2.05) is 0 Å². The molecule has 1 N–H and O–H groups in total. The molecule has 2 aromatic heterocycles. The highest BCUT2D eigenvalue weighted by Crippen LogP contribution is 2.47. The Morgan fingerprint density at radius 3 is 1.23 bits per heavy atom. The van der Waals surface area contributed by atoms with Gasteiger partial charge in [0.15, 0.2) is 0 Å². The number of aromatic amines is 1. The first kappa shape index (κ1) is 51.1. The second kappa shape index (κ2) is 21.5. The van der Waals surface area contributed by atoms with Crippen molar-refractivity contribution in [2.24, 2.45) is 0 Å². The fourth-order valence-corrected chi connectivity index (χ4v) is 14.1. The van der Waals surface area contributed by atoms with Crippen molar-refractivity contribution in [1.29, 1.82) is 0 Å². The maximum Gasteiger partial charge on any atom is 0.0626 e. The Kier molecular flexibility index (Phi) is 13.1. The van der Waals surface area contributed by atoms with Gasteiger partial charge in [-0.1, -0.05) is 316 Å². The lowest BCUT2D eigenvalue weighted by Gasteiger charge is -2.16. The molecule has 0 fully saturated rings. The number of H-pyrrole nitrogens is 1. The number of benzene rings is 16. The molecule has 0 aliphatic rings. The zero-order valence-corrected chi connectivity index (χ0v) is 48.6. The second-order valence-electron chi connectivity index (χ2n) is 22.1. The lowest BCUT2D eigenvalue weighted by molar-refractivity contribution is 0.772. The van der Waals surface area contributed by atoms with E-state index >= 15 is 0 Å². The molecule has 0 amide bonds. The van der Waals surface area contributed by atoms with Gasteiger partial charge in [0.05, 0.1) is 27.8 Å². The molecule has 2 heterocycles. The number of unbranched alkanes of at least 4 members (excludes halogenated alkanes) is 2. The third kappa shape index (κ3) is 8.44. The van der Waals surface area contributed by atoms with Crippen molar-refractivity contribution in [3.63, 3.8) is 0 Å². The molecule has 0 spiro atoms. The lowest BCUT2D eigenvalue weighted by Crippen LogP contribution is -1.97. The van der Waals surface area contributed by atoms with Crippen molar-refractivity contribution in [3.8, 4) is 5.69 Å². The van der Waals surface area contributed by atoms with E-state index in [-0.39, 0.29) is 0 Å². The number of fused-ring (bicyclic) bond motifs is 26. The fourth-order valence-electron chi connectivity index (χ4n) is 13.6. The van der Waals surface area contributed by atoms with Crippen LogP contribution in [0.5, 0.6) is 0 Å². The molecule has 84 heavy (non-hydrogen) atoms. The molecule has 0 aliphatic heterocycles. The van der Waals surface area contributed by atoms with E-state index in [0.717, 1.165) is 4.47 Å². The molecule has 16 aromatic carbocycles. The van der Waals surface area contributed by atoms with Crippen LogP contribution in [0.2, 0.25) is 0 Å². The minimum Gasteiger partial charge on any atom is -0.353 e. The van der Waals surface area contributed by atoms with Gasteiger partial charge in [0, 0.05) is 52.9 Å². The number of nitrogens with one attached hydrogen (secondary N) is 1. The van der Waals surface area contributed by atoms with Crippen molar-refractivity contribution in [2.75, 3.05) is 0 Å². The second-order valence-corrected chi connectivity index (χ2v) is 23.0. The zero-order valence-electron chi connectivity index (χ0n) is 47.0. The van der Waals surface area contributed by atoms with Crippen LogP contribution in [-0.4, -0.2) is 9.55 Å². The fraction of sp³-hybridized carbons (Fsp3) is 0.0617. The maximum absolute atomic E-state index is 3.76. The summed E-state index contributed by atoms with van der Waals surface area (Å²) in [7, 11) is 0. The Hall–Kier alpha value is -9.80. The number of nitrogens with zero attached hydrogens (tertiary/aromatic N) is 1. The highest BCUT2D eigenvalue weighted by Gasteiger charge is 2.22. The van der Waals surface area contributed by atoms with Crippen LogP contribution in [0.4, 0.5) is 0 Å². The van der Waals surface area contributed by atoms with Gasteiger partial charge < -0.3 is 9.55 Å². The number of halogens is 1. The first-order valence-electron chi connectivity index (χ1n) is 29.5. The summed E-state index contributed by atoms with van der Waals surface area (Å²) in [5.41, 5.74) is 6.23. The molecular weight excluding hydrogens is 1080 g/mol. The van der Waals surface area contributed by atoms with Gasteiger partial charge >= 0.3 is 0 Å². The maximum atomic E-state index is 3.76. The van der Waals surface area contributed by atoms with Crippen LogP contribution in [0.25, 0.3) is 157 Å². The molecule has 18 aromatic rings. The van der Waals surface area contributed by atoms with Gasteiger partial charge in [-0.15, -0.1) is 0 Å². The molecule has 400 valence electrons. The van der Waals surface area contributed by atoms with Crippen LogP contribution in [0.1, 0.15) is 33.1 Å². The smallest absolute Gasteiger partial charge is 0.0626 e. The molecule has 0 saturated carbocycles. The van der Waals surface area contributed by atoms with Crippen LogP contribution in [0, 0.1) is 0 Å². The largest absolute Gasteiger partial charge is 0.353 e. The van der Waals surface area contributed by atoms with Crippen molar-refractivity contribution in [1.82, 2.24) is 9.55 Å².